The van der Waals surface area contributed by atoms with E-state index in [1.165, 1.54) is 80.7 Å². The summed E-state index contributed by atoms with van der Waals surface area (Å²) < 4.78 is 67.2. The molecule has 1 saturated carbocycles. The molecule has 1 saturated heterocycles. The van der Waals surface area contributed by atoms with Crippen LogP contribution in [0.1, 0.15) is 83.1 Å². The second kappa shape index (κ2) is 15.0. The molecule has 13 heteroatoms. The van der Waals surface area contributed by atoms with Crippen LogP contribution in [0.5, 0.6) is 0 Å². The minimum Gasteiger partial charge on any atom is -0.480 e. The number of carbonyl (C=O) groups is 1. The van der Waals surface area contributed by atoms with Gasteiger partial charge in [-0.2, -0.15) is 18.4 Å². The number of benzene rings is 1. The van der Waals surface area contributed by atoms with Crippen molar-refractivity contribution in [2.24, 2.45) is 0 Å². The quantitative estimate of drug-likeness (QED) is 0.246. The molecule has 1 aromatic carbocycles. The summed E-state index contributed by atoms with van der Waals surface area (Å²) in [4.78, 5) is 13.9. The molecule has 1 aliphatic heterocycles. The van der Waals surface area contributed by atoms with Crippen molar-refractivity contribution in [3.8, 4) is 11.8 Å². The largest absolute Gasteiger partial charge is 0.480 e. The Hall–Kier alpha value is -2.95. The molecule has 0 spiro atoms. The molecular formula is C29H40F3N5O4S. The van der Waals surface area contributed by atoms with Crippen LogP contribution in [0.2, 0.25) is 0 Å². The summed E-state index contributed by atoms with van der Waals surface area (Å²) in [6.07, 6.45) is 11.9. The van der Waals surface area contributed by atoms with E-state index in [-0.39, 0.29) is 24.2 Å². The van der Waals surface area contributed by atoms with Gasteiger partial charge in [0.05, 0.1) is 28.1 Å². The number of aliphatic carboxylic acids is 1. The van der Waals surface area contributed by atoms with Gasteiger partial charge in [-0.1, -0.05) is 51.9 Å². The van der Waals surface area contributed by atoms with Crippen LogP contribution in [0.4, 0.5) is 13.2 Å². The summed E-state index contributed by atoms with van der Waals surface area (Å²) in [6.45, 7) is 3.07. The van der Waals surface area contributed by atoms with Crippen molar-refractivity contribution in [1.82, 2.24) is 20.2 Å². The van der Waals surface area contributed by atoms with Crippen molar-refractivity contribution in [3.05, 3.63) is 42.5 Å². The molecule has 2 aromatic rings. The van der Waals surface area contributed by atoms with Crippen LogP contribution in [-0.2, 0) is 20.8 Å². The Kier molecular flexibility index (Phi) is 12.0. The Morgan fingerprint density at radius 3 is 2.38 bits per heavy atom. The molecule has 3 N–H and O–H groups in total. The molecule has 1 aromatic heterocycles. The van der Waals surface area contributed by atoms with Gasteiger partial charge < -0.3 is 15.0 Å². The van der Waals surface area contributed by atoms with E-state index >= 15 is 0 Å². The number of carboxylic acids is 1. The standard InChI is InChI=1S/C15H14F3N3O4S.C14H26N2/c16-15(17,18)11-5-9(21-4-3-19-8-21)1-2-13(11)26(24,25)10-6-12(14(22)23)20-7-10;1-2-3-4-5-6-7-8-9-12-16-14(13-15)10-11-14/h1-5,8,10,12,20H,6-7H2,(H,22,23);16H,2-12H2,1H3. The van der Waals surface area contributed by atoms with Crippen molar-refractivity contribution in [2.75, 3.05) is 13.1 Å². The summed E-state index contributed by atoms with van der Waals surface area (Å²) in [5.41, 5.74) is -1.29. The number of aromatic nitrogens is 2. The molecule has 2 aliphatic rings. The first kappa shape index (κ1) is 33.6. The van der Waals surface area contributed by atoms with Gasteiger partial charge >= 0.3 is 12.1 Å². The van der Waals surface area contributed by atoms with Crippen molar-refractivity contribution < 1.29 is 31.5 Å². The number of alkyl halides is 3. The fraction of sp³-hybridized carbons (Fsp3) is 0.621. The van der Waals surface area contributed by atoms with Crippen LogP contribution in [0.25, 0.3) is 5.69 Å². The lowest BCUT2D eigenvalue weighted by atomic mass is 10.1. The van der Waals surface area contributed by atoms with Gasteiger partial charge in [-0.05, 0) is 50.4 Å². The minimum atomic E-state index is -4.89. The second-order valence-corrected chi connectivity index (χ2v) is 13.1. The van der Waals surface area contributed by atoms with Gasteiger partial charge in [0.15, 0.2) is 9.84 Å². The molecule has 2 atom stereocenters. The van der Waals surface area contributed by atoms with Crippen molar-refractivity contribution in [3.63, 3.8) is 0 Å². The Balaban J connectivity index is 0.000000260. The van der Waals surface area contributed by atoms with E-state index in [4.69, 9.17) is 10.4 Å². The van der Waals surface area contributed by atoms with Crippen LogP contribution in [-0.4, -0.2) is 59.0 Å². The van der Waals surface area contributed by atoms with Gasteiger partial charge in [-0.15, -0.1) is 0 Å². The molecule has 2 heterocycles. The van der Waals surface area contributed by atoms with Gasteiger partial charge in [-0.3, -0.25) is 10.1 Å². The Morgan fingerprint density at radius 2 is 1.86 bits per heavy atom. The van der Waals surface area contributed by atoms with Crippen LogP contribution >= 0.6 is 0 Å². The smallest absolute Gasteiger partial charge is 0.417 e. The fourth-order valence-electron chi connectivity index (χ4n) is 4.91. The Labute approximate surface area is 245 Å². The zero-order valence-electron chi connectivity index (χ0n) is 23.9. The molecule has 42 heavy (non-hydrogen) atoms. The van der Waals surface area contributed by atoms with Crippen molar-refractivity contribution >= 4 is 15.8 Å². The number of rotatable bonds is 14. The lowest BCUT2D eigenvalue weighted by molar-refractivity contribution is -0.140. The number of hydrogen-bond acceptors (Lipinski definition) is 7. The third kappa shape index (κ3) is 9.28. The number of nitriles is 1. The number of nitrogens with zero attached hydrogens (tertiary/aromatic N) is 3. The fourth-order valence-corrected chi connectivity index (χ4v) is 6.77. The van der Waals surface area contributed by atoms with Crippen LogP contribution < -0.4 is 10.6 Å². The highest BCUT2D eigenvalue weighted by Crippen LogP contribution is 2.38. The molecule has 0 radical (unpaired) electrons. The van der Waals surface area contributed by atoms with Crippen molar-refractivity contribution in [1.29, 1.82) is 5.26 Å². The molecular weight excluding hydrogens is 571 g/mol. The molecule has 2 fully saturated rings. The molecule has 0 bridgehead atoms. The van der Waals surface area contributed by atoms with Crippen LogP contribution in [0, 0.1) is 11.3 Å². The first-order valence-electron chi connectivity index (χ1n) is 14.5. The maximum Gasteiger partial charge on any atom is 0.417 e. The molecule has 9 nitrogen and oxygen atoms in total. The lowest BCUT2D eigenvalue weighted by Crippen LogP contribution is -2.30. The summed E-state index contributed by atoms with van der Waals surface area (Å²) in [6, 6.07) is 4.16. The predicted octanol–water partition coefficient (Wildman–Crippen LogP) is 5.25. The van der Waals surface area contributed by atoms with Gasteiger partial charge in [0.25, 0.3) is 0 Å². The van der Waals surface area contributed by atoms with Crippen LogP contribution in [0.15, 0.2) is 41.8 Å². The van der Waals surface area contributed by atoms with E-state index in [1.54, 1.807) is 0 Å². The normalized spacial score (nSPS) is 19.5. The highest BCUT2D eigenvalue weighted by atomic mass is 32.2. The molecule has 2 unspecified atom stereocenters. The van der Waals surface area contributed by atoms with E-state index in [9.17, 15) is 26.4 Å². The summed E-state index contributed by atoms with van der Waals surface area (Å²) in [7, 11) is -4.38. The van der Waals surface area contributed by atoms with Crippen LogP contribution in [0.3, 0.4) is 0 Å². The van der Waals surface area contributed by atoms with E-state index in [0.717, 1.165) is 31.5 Å². The minimum absolute atomic E-state index is 0.110. The van der Waals surface area contributed by atoms with E-state index in [0.29, 0.717) is 0 Å². The summed E-state index contributed by atoms with van der Waals surface area (Å²) >= 11 is 0. The summed E-state index contributed by atoms with van der Waals surface area (Å²) in [5, 5.41) is 22.4. The third-order valence-electron chi connectivity index (χ3n) is 7.66. The third-order valence-corrected chi connectivity index (χ3v) is 9.87. The number of hydrogen-bond donors (Lipinski definition) is 3. The van der Waals surface area contributed by atoms with Gasteiger partial charge in [0.1, 0.15) is 11.6 Å². The summed E-state index contributed by atoms with van der Waals surface area (Å²) in [5.74, 6) is -1.24. The zero-order chi connectivity index (χ0) is 30.8. The maximum atomic E-state index is 13.5. The monoisotopic (exact) mass is 611 g/mol. The highest BCUT2D eigenvalue weighted by molar-refractivity contribution is 7.92. The Morgan fingerprint density at radius 1 is 1.19 bits per heavy atom. The first-order valence-corrected chi connectivity index (χ1v) is 16.0. The average Bonchev–Trinajstić information content (AvgIpc) is 3.32. The topological polar surface area (TPSA) is 137 Å². The maximum absolute atomic E-state index is 13.5. The van der Waals surface area contributed by atoms with E-state index in [1.807, 2.05) is 0 Å². The first-order chi connectivity index (χ1) is 19.9. The lowest BCUT2D eigenvalue weighted by Gasteiger charge is -2.18. The predicted molar refractivity (Wildman–Crippen MR) is 152 cm³/mol. The van der Waals surface area contributed by atoms with Crippen molar-refractivity contribution in [2.45, 2.75) is 105 Å². The van der Waals surface area contributed by atoms with Gasteiger partial charge in [0.2, 0.25) is 0 Å². The van der Waals surface area contributed by atoms with E-state index in [2.05, 4.69) is 28.6 Å². The molecule has 232 valence electrons. The number of carboxylic acid groups (broad SMARTS) is 1. The zero-order valence-corrected chi connectivity index (χ0v) is 24.7. The number of halogens is 3. The number of sulfone groups is 1. The second-order valence-electron chi connectivity index (χ2n) is 10.9. The molecule has 1 aliphatic carbocycles. The van der Waals surface area contributed by atoms with E-state index < -0.39 is 43.7 Å². The number of imidazole rings is 1. The van der Waals surface area contributed by atoms with Gasteiger partial charge in [-0.25, -0.2) is 13.4 Å². The Bertz CT molecular complexity index is 1310. The molecule has 0 amide bonds. The highest BCUT2D eigenvalue weighted by Gasteiger charge is 2.44. The number of unbranched alkanes of at least 4 members (excludes halogenated alkanes) is 7. The SMILES string of the molecule is CCCCCCCCCCNC1(C#N)CC1.O=C(O)C1CC(S(=O)(=O)c2ccc(-n3ccnc3)cc2C(F)(F)F)CN1. The van der Waals surface area contributed by atoms with Gasteiger partial charge in [0, 0.05) is 24.6 Å². The average molecular weight is 612 g/mol. The molecule has 4 rings (SSSR count). The number of nitrogens with one attached hydrogen (secondary N) is 2.